The molecule has 0 spiro atoms. The van der Waals surface area contributed by atoms with Gasteiger partial charge in [0.1, 0.15) is 5.82 Å². The van der Waals surface area contributed by atoms with E-state index in [1.807, 2.05) is 0 Å². The Morgan fingerprint density at radius 1 is 1.20 bits per heavy atom. The predicted octanol–water partition coefficient (Wildman–Crippen LogP) is 3.90. The van der Waals surface area contributed by atoms with E-state index in [1.165, 1.54) is 6.20 Å². The maximum Gasteiger partial charge on any atom is 0.416 e. The lowest BCUT2D eigenvalue weighted by atomic mass is 10.0. The summed E-state index contributed by atoms with van der Waals surface area (Å²) in [6.07, 6.45) is -0.464. The Balaban J connectivity index is 1.83. The van der Waals surface area contributed by atoms with Crippen LogP contribution in [0.1, 0.15) is 30.5 Å². The molecule has 134 valence electrons. The van der Waals surface area contributed by atoms with Gasteiger partial charge in [-0.3, -0.25) is 0 Å². The van der Waals surface area contributed by atoms with Gasteiger partial charge in [-0.25, -0.2) is 14.4 Å². The van der Waals surface area contributed by atoms with Crippen LogP contribution in [0.3, 0.4) is 0 Å². The summed E-state index contributed by atoms with van der Waals surface area (Å²) in [5.41, 5.74) is 5.73. The summed E-state index contributed by atoms with van der Waals surface area (Å²) in [4.78, 5) is 8.46. The van der Waals surface area contributed by atoms with Crippen LogP contribution in [-0.2, 0) is 6.18 Å². The van der Waals surface area contributed by atoms with Crippen molar-refractivity contribution in [2.45, 2.75) is 44.4 Å². The molecule has 1 heterocycles. The summed E-state index contributed by atoms with van der Waals surface area (Å²) in [7, 11) is 0. The molecule has 4 nitrogen and oxygen atoms in total. The van der Waals surface area contributed by atoms with Gasteiger partial charge in [0.25, 0.3) is 0 Å². The minimum absolute atomic E-state index is 0.0416. The third-order valence-corrected chi connectivity index (χ3v) is 4.37. The monoisotopic (exact) mass is 354 g/mol. The lowest BCUT2D eigenvalue weighted by Gasteiger charge is -2.14. The van der Waals surface area contributed by atoms with E-state index < -0.39 is 17.6 Å². The Hall–Kier alpha value is -2.22. The number of benzene rings is 1. The third kappa shape index (κ3) is 3.89. The van der Waals surface area contributed by atoms with Crippen LogP contribution in [0.5, 0.6) is 0 Å². The Kier molecular flexibility index (Phi) is 4.64. The SMILES string of the molecule is Cc1nc(N[C@H]2CC[C@H](N)C2)ncc1-c1ccc(C(F)(F)F)cc1F. The van der Waals surface area contributed by atoms with E-state index >= 15 is 0 Å². The van der Waals surface area contributed by atoms with E-state index in [9.17, 15) is 17.6 Å². The van der Waals surface area contributed by atoms with Gasteiger partial charge in [0.15, 0.2) is 0 Å². The molecule has 1 aromatic carbocycles. The number of anilines is 1. The number of rotatable bonds is 3. The zero-order chi connectivity index (χ0) is 18.2. The van der Waals surface area contributed by atoms with Crippen molar-refractivity contribution in [3.63, 3.8) is 0 Å². The van der Waals surface area contributed by atoms with Crippen molar-refractivity contribution in [1.29, 1.82) is 0 Å². The van der Waals surface area contributed by atoms with Crippen LogP contribution in [0.2, 0.25) is 0 Å². The summed E-state index contributed by atoms with van der Waals surface area (Å²) in [6, 6.07) is 2.81. The smallest absolute Gasteiger partial charge is 0.351 e. The summed E-state index contributed by atoms with van der Waals surface area (Å²) in [6.45, 7) is 1.67. The number of nitrogens with zero attached hydrogens (tertiary/aromatic N) is 2. The average Bonchev–Trinajstić information content (AvgIpc) is 2.92. The van der Waals surface area contributed by atoms with E-state index in [2.05, 4.69) is 15.3 Å². The minimum Gasteiger partial charge on any atom is -0.351 e. The van der Waals surface area contributed by atoms with Gasteiger partial charge in [-0.2, -0.15) is 13.2 Å². The lowest BCUT2D eigenvalue weighted by Crippen LogP contribution is -2.21. The number of alkyl halides is 3. The summed E-state index contributed by atoms with van der Waals surface area (Å²) in [5, 5.41) is 3.19. The molecule has 1 aromatic heterocycles. The number of hydrogen-bond donors (Lipinski definition) is 2. The summed E-state index contributed by atoms with van der Waals surface area (Å²) in [5.74, 6) is -0.545. The van der Waals surface area contributed by atoms with Crippen LogP contribution < -0.4 is 11.1 Å². The summed E-state index contributed by atoms with van der Waals surface area (Å²) < 4.78 is 52.1. The maximum absolute atomic E-state index is 14.1. The second-order valence-electron chi connectivity index (χ2n) is 6.30. The zero-order valence-electron chi connectivity index (χ0n) is 13.6. The average molecular weight is 354 g/mol. The van der Waals surface area contributed by atoms with E-state index in [0.29, 0.717) is 23.3 Å². The van der Waals surface area contributed by atoms with Crippen LogP contribution in [0, 0.1) is 12.7 Å². The van der Waals surface area contributed by atoms with Gasteiger partial charge in [-0.05, 0) is 38.3 Å². The molecule has 1 aliphatic rings. The minimum atomic E-state index is -4.58. The number of halogens is 4. The van der Waals surface area contributed by atoms with Crippen LogP contribution in [0.15, 0.2) is 24.4 Å². The first-order valence-corrected chi connectivity index (χ1v) is 7.97. The molecule has 8 heteroatoms. The van der Waals surface area contributed by atoms with Crippen LogP contribution in [0.4, 0.5) is 23.5 Å². The highest BCUT2D eigenvalue weighted by Gasteiger charge is 2.31. The number of nitrogens with one attached hydrogen (secondary N) is 1. The second-order valence-corrected chi connectivity index (χ2v) is 6.30. The highest BCUT2D eigenvalue weighted by molar-refractivity contribution is 5.66. The molecule has 3 N–H and O–H groups in total. The van der Waals surface area contributed by atoms with Gasteiger partial charge >= 0.3 is 6.18 Å². The fourth-order valence-electron chi connectivity index (χ4n) is 3.04. The highest BCUT2D eigenvalue weighted by atomic mass is 19.4. The molecular formula is C17H18F4N4. The topological polar surface area (TPSA) is 63.8 Å². The standard InChI is InChI=1S/C17H18F4N4/c1-9-14(13-5-2-10(6-15(13)18)17(19,20)21)8-23-16(24-9)25-12-4-3-11(22)7-12/h2,5-6,8,11-12H,3-4,7,22H2,1H3,(H,23,24,25)/t11-,12-/m0/s1. The predicted molar refractivity (Wildman–Crippen MR) is 86.4 cm³/mol. The third-order valence-electron chi connectivity index (χ3n) is 4.37. The molecule has 0 saturated heterocycles. The zero-order valence-corrected chi connectivity index (χ0v) is 13.6. The number of hydrogen-bond acceptors (Lipinski definition) is 4. The number of aryl methyl sites for hydroxylation is 1. The lowest BCUT2D eigenvalue weighted by molar-refractivity contribution is -0.137. The Morgan fingerprint density at radius 2 is 1.96 bits per heavy atom. The van der Waals surface area contributed by atoms with Crippen molar-refractivity contribution < 1.29 is 17.6 Å². The first-order chi connectivity index (χ1) is 11.7. The fraction of sp³-hybridized carbons (Fsp3) is 0.412. The van der Waals surface area contributed by atoms with E-state index in [0.717, 1.165) is 31.4 Å². The Morgan fingerprint density at radius 3 is 2.52 bits per heavy atom. The molecule has 0 unspecified atom stereocenters. The van der Waals surface area contributed by atoms with Crippen LogP contribution in [0.25, 0.3) is 11.1 Å². The van der Waals surface area contributed by atoms with E-state index in [-0.39, 0.29) is 17.6 Å². The molecule has 1 saturated carbocycles. The fourth-order valence-corrected chi connectivity index (χ4v) is 3.04. The normalized spacial score (nSPS) is 20.7. The van der Waals surface area contributed by atoms with Gasteiger partial charge in [-0.15, -0.1) is 0 Å². The number of aromatic nitrogens is 2. The van der Waals surface area contributed by atoms with Crippen molar-refractivity contribution in [3.8, 4) is 11.1 Å². The first kappa shape index (κ1) is 17.6. The molecule has 0 aliphatic heterocycles. The van der Waals surface area contributed by atoms with Gasteiger partial charge in [0, 0.05) is 29.4 Å². The van der Waals surface area contributed by atoms with Crippen molar-refractivity contribution in [2.24, 2.45) is 5.73 Å². The highest BCUT2D eigenvalue weighted by Crippen LogP contribution is 2.33. The largest absolute Gasteiger partial charge is 0.416 e. The van der Waals surface area contributed by atoms with Crippen molar-refractivity contribution in [3.05, 3.63) is 41.5 Å². The van der Waals surface area contributed by atoms with Gasteiger partial charge in [0.05, 0.1) is 11.3 Å². The summed E-state index contributed by atoms with van der Waals surface area (Å²) >= 11 is 0. The van der Waals surface area contributed by atoms with Crippen molar-refractivity contribution in [2.75, 3.05) is 5.32 Å². The first-order valence-electron chi connectivity index (χ1n) is 7.97. The molecule has 3 rings (SSSR count). The Bertz CT molecular complexity index is 776. The molecule has 2 atom stereocenters. The van der Waals surface area contributed by atoms with E-state index in [4.69, 9.17) is 5.73 Å². The molecule has 1 aliphatic carbocycles. The molecular weight excluding hydrogens is 336 g/mol. The quantitative estimate of drug-likeness (QED) is 0.821. The van der Waals surface area contributed by atoms with Gasteiger partial charge in [0.2, 0.25) is 5.95 Å². The van der Waals surface area contributed by atoms with Gasteiger partial charge in [-0.1, -0.05) is 6.07 Å². The molecule has 0 bridgehead atoms. The molecule has 25 heavy (non-hydrogen) atoms. The maximum atomic E-state index is 14.1. The van der Waals surface area contributed by atoms with Gasteiger partial charge < -0.3 is 11.1 Å². The molecule has 2 aromatic rings. The Labute approximate surface area is 142 Å². The number of nitrogens with two attached hydrogens (primary N) is 1. The van der Waals surface area contributed by atoms with Crippen LogP contribution >= 0.6 is 0 Å². The second kappa shape index (κ2) is 6.59. The van der Waals surface area contributed by atoms with Crippen molar-refractivity contribution in [1.82, 2.24) is 9.97 Å². The van der Waals surface area contributed by atoms with Crippen molar-refractivity contribution >= 4 is 5.95 Å². The van der Waals surface area contributed by atoms with E-state index in [1.54, 1.807) is 6.92 Å². The van der Waals surface area contributed by atoms with Crippen LogP contribution in [-0.4, -0.2) is 22.1 Å². The molecule has 1 fully saturated rings. The molecule has 0 radical (unpaired) electrons. The molecule has 0 amide bonds.